The average Bonchev–Trinajstić information content (AvgIpc) is 2.99. The van der Waals surface area contributed by atoms with Crippen molar-refractivity contribution in [3.8, 4) is 11.5 Å². The van der Waals surface area contributed by atoms with Gasteiger partial charge in [-0.05, 0) is 18.2 Å². The molecule has 4 rings (SSSR count). The van der Waals surface area contributed by atoms with Crippen molar-refractivity contribution >= 4 is 28.4 Å². The Labute approximate surface area is 161 Å². The van der Waals surface area contributed by atoms with Crippen LogP contribution in [-0.2, 0) is 4.79 Å². The Hall–Kier alpha value is -3.55. The molecule has 2 amide bonds. The highest BCUT2D eigenvalue weighted by molar-refractivity contribution is 6.04. The van der Waals surface area contributed by atoms with E-state index in [-0.39, 0.29) is 24.8 Å². The lowest BCUT2D eigenvalue weighted by molar-refractivity contribution is -0.116. The molecule has 0 spiro atoms. The first kappa shape index (κ1) is 17.8. The molecular weight excluding hydrogens is 360 g/mol. The number of para-hydroxylation sites is 1. The first-order valence-electron chi connectivity index (χ1n) is 9.11. The zero-order chi connectivity index (χ0) is 19.3. The number of rotatable bonds is 5. The largest absolute Gasteiger partial charge is 0.490 e. The second-order valence-corrected chi connectivity index (χ2v) is 6.38. The Morgan fingerprint density at radius 2 is 1.89 bits per heavy atom. The van der Waals surface area contributed by atoms with Gasteiger partial charge in [-0.25, -0.2) is 0 Å². The molecule has 2 heterocycles. The maximum absolute atomic E-state index is 12.3. The summed E-state index contributed by atoms with van der Waals surface area (Å²) in [5.74, 6) is 0.769. The number of carbonyl (C=O) groups excluding carboxylic acids is 2. The fraction of sp³-hybridized carbons (Fsp3) is 0.250. The van der Waals surface area contributed by atoms with Crippen molar-refractivity contribution in [1.29, 1.82) is 0 Å². The Morgan fingerprint density at radius 1 is 1.07 bits per heavy atom. The molecule has 0 aliphatic carbocycles. The summed E-state index contributed by atoms with van der Waals surface area (Å²) in [6, 6.07) is 12.7. The van der Waals surface area contributed by atoms with E-state index in [1.54, 1.807) is 18.2 Å². The number of benzene rings is 2. The number of aromatic amines is 1. The van der Waals surface area contributed by atoms with Crippen LogP contribution in [0.3, 0.4) is 0 Å². The molecule has 144 valence electrons. The molecule has 0 fully saturated rings. The van der Waals surface area contributed by atoms with Gasteiger partial charge in [-0.3, -0.25) is 14.7 Å². The summed E-state index contributed by atoms with van der Waals surface area (Å²) in [5, 5.41) is 13.1. The van der Waals surface area contributed by atoms with Crippen LogP contribution in [0.15, 0.2) is 42.5 Å². The van der Waals surface area contributed by atoms with E-state index in [2.05, 4.69) is 20.8 Å². The molecule has 0 saturated heterocycles. The van der Waals surface area contributed by atoms with Gasteiger partial charge in [0.2, 0.25) is 5.91 Å². The number of hydrogen-bond donors (Lipinski definition) is 3. The summed E-state index contributed by atoms with van der Waals surface area (Å²) in [6.45, 7) is 1.40. The van der Waals surface area contributed by atoms with Crippen LogP contribution in [0.2, 0.25) is 0 Å². The molecule has 1 aliphatic rings. The lowest BCUT2D eigenvalue weighted by atomic mass is 10.2. The molecule has 8 heteroatoms. The summed E-state index contributed by atoms with van der Waals surface area (Å²) >= 11 is 0. The van der Waals surface area contributed by atoms with E-state index >= 15 is 0 Å². The van der Waals surface area contributed by atoms with Gasteiger partial charge in [-0.15, -0.1) is 0 Å². The first-order chi connectivity index (χ1) is 13.7. The number of nitrogens with one attached hydrogen (secondary N) is 3. The van der Waals surface area contributed by atoms with Crippen LogP contribution in [0.25, 0.3) is 10.9 Å². The number of aromatic nitrogens is 2. The van der Waals surface area contributed by atoms with Crippen molar-refractivity contribution in [1.82, 2.24) is 15.5 Å². The number of ether oxygens (including phenoxy) is 2. The molecular formula is C20H20N4O4. The van der Waals surface area contributed by atoms with Crippen molar-refractivity contribution in [2.75, 3.05) is 25.1 Å². The van der Waals surface area contributed by atoms with Gasteiger partial charge in [-0.2, -0.15) is 5.10 Å². The second-order valence-electron chi connectivity index (χ2n) is 6.38. The smallest absolute Gasteiger partial charge is 0.272 e. The van der Waals surface area contributed by atoms with Crippen molar-refractivity contribution in [2.45, 2.75) is 12.8 Å². The molecule has 1 aliphatic heterocycles. The molecule has 2 aromatic carbocycles. The highest BCUT2D eigenvalue weighted by atomic mass is 16.5. The van der Waals surface area contributed by atoms with Crippen LogP contribution in [0.1, 0.15) is 23.3 Å². The van der Waals surface area contributed by atoms with Gasteiger partial charge in [0.1, 0.15) is 0 Å². The summed E-state index contributed by atoms with van der Waals surface area (Å²) in [6.07, 6.45) is 0.962. The normalized spacial score (nSPS) is 13.0. The lowest BCUT2D eigenvalue weighted by Crippen LogP contribution is -2.28. The SMILES string of the molecule is O=C(CCNC(=O)c1n[nH]c2ccccc12)Nc1ccc2c(c1)OCCCO2. The van der Waals surface area contributed by atoms with Gasteiger partial charge in [0.15, 0.2) is 17.2 Å². The number of amides is 2. The quantitative estimate of drug-likeness (QED) is 0.631. The van der Waals surface area contributed by atoms with Crippen molar-refractivity contribution in [3.63, 3.8) is 0 Å². The minimum atomic E-state index is -0.319. The van der Waals surface area contributed by atoms with Crippen molar-refractivity contribution in [3.05, 3.63) is 48.2 Å². The molecule has 0 saturated carbocycles. The number of fused-ring (bicyclic) bond motifs is 2. The number of anilines is 1. The predicted molar refractivity (Wildman–Crippen MR) is 104 cm³/mol. The van der Waals surface area contributed by atoms with E-state index < -0.39 is 0 Å². The third kappa shape index (κ3) is 3.90. The van der Waals surface area contributed by atoms with Crippen LogP contribution in [0.4, 0.5) is 5.69 Å². The molecule has 0 bridgehead atoms. The second kappa shape index (κ2) is 7.99. The molecule has 3 aromatic rings. The minimum Gasteiger partial charge on any atom is -0.490 e. The molecule has 0 unspecified atom stereocenters. The molecule has 0 radical (unpaired) electrons. The maximum atomic E-state index is 12.3. The van der Waals surface area contributed by atoms with Crippen LogP contribution in [0.5, 0.6) is 11.5 Å². The Balaban J connectivity index is 1.30. The lowest BCUT2D eigenvalue weighted by Gasteiger charge is -2.10. The van der Waals surface area contributed by atoms with Crippen LogP contribution in [0, 0.1) is 0 Å². The molecule has 0 atom stereocenters. The minimum absolute atomic E-state index is 0.141. The maximum Gasteiger partial charge on any atom is 0.272 e. The number of hydrogen-bond acceptors (Lipinski definition) is 5. The van der Waals surface area contributed by atoms with Gasteiger partial charge >= 0.3 is 0 Å². The third-order valence-electron chi connectivity index (χ3n) is 4.35. The number of carbonyl (C=O) groups is 2. The van der Waals surface area contributed by atoms with E-state index in [4.69, 9.17) is 9.47 Å². The Morgan fingerprint density at radius 3 is 2.79 bits per heavy atom. The van der Waals surface area contributed by atoms with E-state index in [1.807, 2.05) is 24.3 Å². The molecule has 3 N–H and O–H groups in total. The fourth-order valence-electron chi connectivity index (χ4n) is 2.97. The fourth-order valence-corrected chi connectivity index (χ4v) is 2.97. The highest BCUT2D eigenvalue weighted by Gasteiger charge is 2.15. The first-order valence-corrected chi connectivity index (χ1v) is 9.11. The predicted octanol–water partition coefficient (Wildman–Crippen LogP) is 2.48. The van der Waals surface area contributed by atoms with Crippen LogP contribution in [-0.4, -0.2) is 41.8 Å². The van der Waals surface area contributed by atoms with Crippen LogP contribution >= 0.6 is 0 Å². The standard InChI is InChI=1S/C20H20N4O4/c25-18(22-13-6-7-16-17(12-13)28-11-3-10-27-16)8-9-21-20(26)19-14-4-1-2-5-15(14)23-24-19/h1-2,4-7,12H,3,8-11H2,(H,21,26)(H,22,25)(H,23,24). The van der Waals surface area contributed by atoms with Gasteiger partial charge in [-0.1, -0.05) is 18.2 Å². The third-order valence-corrected chi connectivity index (χ3v) is 4.35. The van der Waals surface area contributed by atoms with Gasteiger partial charge in [0, 0.05) is 36.5 Å². The van der Waals surface area contributed by atoms with Gasteiger partial charge in [0.25, 0.3) is 5.91 Å². The summed E-state index contributed by atoms with van der Waals surface area (Å²) in [5.41, 5.74) is 1.73. The van der Waals surface area contributed by atoms with Crippen molar-refractivity contribution < 1.29 is 19.1 Å². The van der Waals surface area contributed by atoms with E-state index in [0.717, 1.165) is 17.3 Å². The zero-order valence-electron chi connectivity index (χ0n) is 15.2. The summed E-state index contributed by atoms with van der Waals surface area (Å²) in [4.78, 5) is 24.5. The molecule has 8 nitrogen and oxygen atoms in total. The number of nitrogens with zero attached hydrogens (tertiary/aromatic N) is 1. The zero-order valence-corrected chi connectivity index (χ0v) is 15.2. The van der Waals surface area contributed by atoms with E-state index in [1.165, 1.54) is 0 Å². The molecule has 1 aromatic heterocycles. The number of H-pyrrole nitrogens is 1. The highest BCUT2D eigenvalue weighted by Crippen LogP contribution is 2.32. The summed E-state index contributed by atoms with van der Waals surface area (Å²) < 4.78 is 11.2. The Kier molecular flexibility index (Phi) is 5.09. The topological polar surface area (TPSA) is 105 Å². The van der Waals surface area contributed by atoms with Crippen molar-refractivity contribution in [2.24, 2.45) is 0 Å². The van der Waals surface area contributed by atoms with Crippen LogP contribution < -0.4 is 20.1 Å². The van der Waals surface area contributed by atoms with E-state index in [9.17, 15) is 9.59 Å². The Bertz CT molecular complexity index is 1010. The van der Waals surface area contributed by atoms with Gasteiger partial charge < -0.3 is 20.1 Å². The van der Waals surface area contributed by atoms with E-state index in [0.29, 0.717) is 36.1 Å². The monoisotopic (exact) mass is 380 g/mol. The van der Waals surface area contributed by atoms with Gasteiger partial charge in [0.05, 0.1) is 18.7 Å². The summed E-state index contributed by atoms with van der Waals surface area (Å²) in [7, 11) is 0. The molecule has 28 heavy (non-hydrogen) atoms. The average molecular weight is 380 g/mol.